The molecule has 3 aromatic rings. The lowest BCUT2D eigenvalue weighted by atomic mass is 10.0. The fourth-order valence-electron chi connectivity index (χ4n) is 3.26. The van der Waals surface area contributed by atoms with E-state index in [0.717, 1.165) is 24.3 Å². The Labute approximate surface area is 185 Å². The lowest BCUT2D eigenvalue weighted by molar-refractivity contribution is -0.141. The molecule has 0 unspecified atom stereocenters. The highest BCUT2D eigenvalue weighted by molar-refractivity contribution is 8.00. The highest BCUT2D eigenvalue weighted by Gasteiger charge is 2.14. The van der Waals surface area contributed by atoms with Gasteiger partial charge in [-0.05, 0) is 34.4 Å². The second-order valence-electron chi connectivity index (χ2n) is 6.83. The number of carbonyl (C=O) groups is 2. The van der Waals surface area contributed by atoms with Crippen molar-refractivity contribution in [3.63, 3.8) is 0 Å². The molecule has 0 saturated heterocycles. The second-order valence-corrected chi connectivity index (χ2v) is 9.04. The molecular weight excluding hydrogens is 416 g/mol. The monoisotopic (exact) mass is 442 g/mol. The first-order valence-electron chi connectivity index (χ1n) is 10.0. The molecule has 6 heteroatoms. The van der Waals surface area contributed by atoms with Crippen molar-refractivity contribution in [2.45, 2.75) is 36.5 Å². The van der Waals surface area contributed by atoms with Crippen molar-refractivity contribution in [3.8, 4) is 0 Å². The summed E-state index contributed by atoms with van der Waals surface area (Å²) in [6.07, 6.45) is 1.64. The van der Waals surface area contributed by atoms with Crippen molar-refractivity contribution in [1.29, 1.82) is 0 Å². The summed E-state index contributed by atoms with van der Waals surface area (Å²) in [5, 5.41) is 4.99. The summed E-state index contributed by atoms with van der Waals surface area (Å²) in [4.78, 5) is 24.5. The molecule has 0 heterocycles. The minimum Gasteiger partial charge on any atom is -0.466 e. The van der Waals surface area contributed by atoms with E-state index in [0.29, 0.717) is 13.2 Å². The maximum absolute atomic E-state index is 11.0. The second kappa shape index (κ2) is 11.3. The first kappa shape index (κ1) is 22.5. The van der Waals surface area contributed by atoms with Crippen LogP contribution >= 0.6 is 23.5 Å². The molecule has 0 fully saturated rings. The summed E-state index contributed by atoms with van der Waals surface area (Å²) in [5.41, 5.74) is 0. The van der Waals surface area contributed by atoms with Crippen LogP contribution in [0.2, 0.25) is 0 Å². The third-order valence-corrected chi connectivity index (χ3v) is 6.96. The summed E-state index contributed by atoms with van der Waals surface area (Å²) >= 11 is 3.63. The van der Waals surface area contributed by atoms with Gasteiger partial charge < -0.3 is 9.47 Å². The number of benzene rings is 3. The van der Waals surface area contributed by atoms with Crippen LogP contribution in [-0.2, 0) is 19.1 Å². The SMILES string of the molecule is CC(=O)OCCCSc1c2ccccc2c(SCCCOC(C)=O)c2ccccc12. The maximum atomic E-state index is 11.0. The molecule has 0 N–H and O–H groups in total. The number of rotatable bonds is 10. The van der Waals surface area contributed by atoms with Gasteiger partial charge in [0.15, 0.2) is 0 Å². The van der Waals surface area contributed by atoms with Crippen molar-refractivity contribution in [3.05, 3.63) is 48.5 Å². The molecule has 0 aliphatic carbocycles. The zero-order valence-corrected chi connectivity index (χ0v) is 18.9. The van der Waals surface area contributed by atoms with Crippen molar-refractivity contribution in [1.82, 2.24) is 0 Å². The van der Waals surface area contributed by atoms with Crippen LogP contribution in [0.4, 0.5) is 0 Å². The van der Waals surface area contributed by atoms with Crippen LogP contribution < -0.4 is 0 Å². The zero-order chi connectivity index (χ0) is 21.3. The highest BCUT2D eigenvalue weighted by atomic mass is 32.2. The molecule has 30 heavy (non-hydrogen) atoms. The Morgan fingerprint density at radius 3 is 1.30 bits per heavy atom. The number of esters is 2. The third-order valence-electron chi connectivity index (χ3n) is 4.51. The summed E-state index contributed by atoms with van der Waals surface area (Å²) in [6, 6.07) is 17.0. The van der Waals surface area contributed by atoms with E-state index in [9.17, 15) is 9.59 Å². The predicted octanol–water partition coefficient (Wildman–Crippen LogP) is 6.08. The van der Waals surface area contributed by atoms with Gasteiger partial charge in [0.05, 0.1) is 13.2 Å². The van der Waals surface area contributed by atoms with Crippen LogP contribution in [0.1, 0.15) is 26.7 Å². The molecule has 0 spiro atoms. The fourth-order valence-corrected chi connectivity index (χ4v) is 5.52. The first-order valence-corrected chi connectivity index (χ1v) is 12.0. The molecule has 0 amide bonds. The van der Waals surface area contributed by atoms with Crippen LogP contribution in [0.15, 0.2) is 58.3 Å². The average Bonchev–Trinajstić information content (AvgIpc) is 2.73. The molecule has 0 atom stereocenters. The van der Waals surface area contributed by atoms with E-state index in [-0.39, 0.29) is 11.9 Å². The molecule has 0 bridgehead atoms. The van der Waals surface area contributed by atoms with Gasteiger partial charge in [-0.1, -0.05) is 48.5 Å². The van der Waals surface area contributed by atoms with Gasteiger partial charge in [0.25, 0.3) is 0 Å². The van der Waals surface area contributed by atoms with E-state index in [1.165, 1.54) is 45.2 Å². The van der Waals surface area contributed by atoms with Crippen LogP contribution in [-0.4, -0.2) is 36.7 Å². The number of carbonyl (C=O) groups excluding carboxylic acids is 2. The summed E-state index contributed by atoms with van der Waals surface area (Å²) in [5.74, 6) is 1.31. The van der Waals surface area contributed by atoms with Gasteiger partial charge in [0, 0.05) is 35.1 Å². The van der Waals surface area contributed by atoms with Crippen LogP contribution in [0.25, 0.3) is 21.5 Å². The normalized spacial score (nSPS) is 11.0. The number of hydrogen-bond donors (Lipinski definition) is 0. The lowest BCUT2D eigenvalue weighted by Gasteiger charge is -2.16. The van der Waals surface area contributed by atoms with Crippen LogP contribution in [0, 0.1) is 0 Å². The van der Waals surface area contributed by atoms with Gasteiger partial charge in [-0.2, -0.15) is 0 Å². The van der Waals surface area contributed by atoms with E-state index in [2.05, 4.69) is 48.5 Å². The molecule has 0 aromatic heterocycles. The molecule has 4 nitrogen and oxygen atoms in total. The van der Waals surface area contributed by atoms with Gasteiger partial charge in [-0.25, -0.2) is 0 Å². The Morgan fingerprint density at radius 1 is 0.667 bits per heavy atom. The minimum absolute atomic E-state index is 0.231. The average molecular weight is 443 g/mol. The summed E-state index contributed by atoms with van der Waals surface area (Å²) in [6.45, 7) is 3.79. The molecule has 158 valence electrons. The molecule has 3 rings (SSSR count). The Hall–Kier alpha value is -2.18. The van der Waals surface area contributed by atoms with E-state index in [4.69, 9.17) is 9.47 Å². The Bertz CT molecular complexity index is 893. The number of ether oxygens (including phenoxy) is 2. The fraction of sp³-hybridized carbons (Fsp3) is 0.333. The van der Waals surface area contributed by atoms with Gasteiger partial charge >= 0.3 is 11.9 Å². The lowest BCUT2D eigenvalue weighted by Crippen LogP contribution is -2.01. The first-order chi connectivity index (χ1) is 14.6. The standard InChI is InChI=1S/C24H26O4S2/c1-17(25)27-13-7-15-29-23-19-9-3-5-11-21(19)24(22-12-6-4-10-20(22)23)30-16-8-14-28-18(2)26/h3-6,9-12H,7-8,13-16H2,1-2H3. The van der Waals surface area contributed by atoms with Gasteiger partial charge in [-0.3, -0.25) is 9.59 Å². The van der Waals surface area contributed by atoms with Crippen molar-refractivity contribution >= 4 is 57.0 Å². The van der Waals surface area contributed by atoms with Crippen LogP contribution in [0.3, 0.4) is 0 Å². The van der Waals surface area contributed by atoms with Gasteiger partial charge in [0.2, 0.25) is 0 Å². The van der Waals surface area contributed by atoms with Crippen molar-refractivity contribution in [2.75, 3.05) is 24.7 Å². The molecule has 0 saturated carbocycles. The van der Waals surface area contributed by atoms with Crippen molar-refractivity contribution < 1.29 is 19.1 Å². The smallest absolute Gasteiger partial charge is 0.302 e. The number of thioether (sulfide) groups is 2. The highest BCUT2D eigenvalue weighted by Crippen LogP contribution is 2.42. The molecule has 0 radical (unpaired) electrons. The topological polar surface area (TPSA) is 52.6 Å². The molecular formula is C24H26O4S2. The van der Waals surface area contributed by atoms with Gasteiger partial charge in [0.1, 0.15) is 0 Å². The zero-order valence-electron chi connectivity index (χ0n) is 17.3. The van der Waals surface area contributed by atoms with Crippen LogP contribution in [0.5, 0.6) is 0 Å². The van der Waals surface area contributed by atoms with Crippen molar-refractivity contribution in [2.24, 2.45) is 0 Å². The van der Waals surface area contributed by atoms with E-state index in [1.807, 2.05) is 23.5 Å². The molecule has 3 aromatic carbocycles. The van der Waals surface area contributed by atoms with E-state index < -0.39 is 0 Å². The minimum atomic E-state index is -0.231. The van der Waals surface area contributed by atoms with E-state index >= 15 is 0 Å². The Balaban J connectivity index is 1.86. The quantitative estimate of drug-likeness (QED) is 0.164. The summed E-state index contributed by atoms with van der Waals surface area (Å²) in [7, 11) is 0. The third kappa shape index (κ3) is 5.92. The predicted molar refractivity (Wildman–Crippen MR) is 125 cm³/mol. The number of hydrogen-bond acceptors (Lipinski definition) is 6. The molecule has 0 aliphatic heterocycles. The Morgan fingerprint density at radius 2 is 1.00 bits per heavy atom. The number of fused-ring (bicyclic) bond motifs is 2. The Kier molecular flexibility index (Phi) is 8.46. The maximum Gasteiger partial charge on any atom is 0.302 e. The summed E-state index contributed by atoms with van der Waals surface area (Å²) < 4.78 is 10.1. The van der Waals surface area contributed by atoms with E-state index in [1.54, 1.807) is 0 Å². The largest absolute Gasteiger partial charge is 0.466 e. The molecule has 0 aliphatic rings. The van der Waals surface area contributed by atoms with Gasteiger partial charge in [-0.15, -0.1) is 23.5 Å².